The first-order chi connectivity index (χ1) is 8.63. The lowest BCUT2D eigenvalue weighted by molar-refractivity contribution is 0.609. The van der Waals surface area contributed by atoms with Crippen LogP contribution in [0.4, 0.5) is 0 Å². The van der Waals surface area contributed by atoms with Crippen molar-refractivity contribution in [3.63, 3.8) is 0 Å². The molecule has 0 bridgehead atoms. The van der Waals surface area contributed by atoms with Crippen LogP contribution in [0.2, 0.25) is 0 Å². The van der Waals surface area contributed by atoms with E-state index in [0.717, 1.165) is 41.3 Å². The van der Waals surface area contributed by atoms with E-state index in [9.17, 15) is 0 Å². The summed E-state index contributed by atoms with van der Waals surface area (Å²) in [5, 5.41) is 7.70. The Morgan fingerprint density at radius 1 is 1.44 bits per heavy atom. The Balaban J connectivity index is 2.21. The van der Waals surface area contributed by atoms with Crippen LogP contribution in [-0.2, 0) is 20.1 Å². The summed E-state index contributed by atoms with van der Waals surface area (Å²) in [6.07, 6.45) is 3.84. The van der Waals surface area contributed by atoms with Gasteiger partial charge >= 0.3 is 0 Å². The van der Waals surface area contributed by atoms with E-state index in [-0.39, 0.29) is 0 Å². The highest BCUT2D eigenvalue weighted by Crippen LogP contribution is 2.21. The summed E-state index contributed by atoms with van der Waals surface area (Å²) < 4.78 is 5.13. The second-order valence-electron chi connectivity index (χ2n) is 4.22. The monoisotopic (exact) mass is 311 g/mol. The molecule has 0 unspecified atom stereocenters. The molecule has 2 rings (SSSR count). The number of rotatable bonds is 5. The Morgan fingerprint density at radius 3 is 2.83 bits per heavy atom. The Morgan fingerprint density at radius 2 is 2.22 bits per heavy atom. The predicted octanol–water partition coefficient (Wildman–Crippen LogP) is 1.85. The molecule has 0 radical (unpaired) electrons. The second kappa shape index (κ2) is 5.67. The van der Waals surface area contributed by atoms with Crippen molar-refractivity contribution in [2.75, 3.05) is 6.54 Å². The highest BCUT2D eigenvalue weighted by molar-refractivity contribution is 9.10. The van der Waals surface area contributed by atoms with Crippen molar-refractivity contribution in [2.24, 2.45) is 7.05 Å². The van der Waals surface area contributed by atoms with Crippen molar-refractivity contribution in [3.8, 4) is 0 Å². The molecule has 2 aromatic rings. The standard InChI is InChI=1S/C12H18BrN5/c1-4-14-7-11-15-5-6-18(11)8-10-12(13)9(2)16-17(10)3/h5-6,14H,4,7-8H2,1-3H3. The van der Waals surface area contributed by atoms with Crippen LogP contribution in [-0.4, -0.2) is 25.9 Å². The third-order valence-corrected chi connectivity index (χ3v) is 3.95. The first-order valence-electron chi connectivity index (χ1n) is 6.02. The maximum absolute atomic E-state index is 4.40. The van der Waals surface area contributed by atoms with Crippen LogP contribution in [0.3, 0.4) is 0 Å². The van der Waals surface area contributed by atoms with Gasteiger partial charge in [-0.1, -0.05) is 6.92 Å². The topological polar surface area (TPSA) is 47.7 Å². The van der Waals surface area contributed by atoms with Gasteiger partial charge in [0.2, 0.25) is 0 Å². The SMILES string of the molecule is CCNCc1nccn1Cc1c(Br)c(C)nn1C. The molecule has 6 heteroatoms. The largest absolute Gasteiger partial charge is 0.328 e. The van der Waals surface area contributed by atoms with Gasteiger partial charge in [-0.25, -0.2) is 4.98 Å². The smallest absolute Gasteiger partial charge is 0.123 e. The normalized spacial score (nSPS) is 11.1. The van der Waals surface area contributed by atoms with Gasteiger partial charge in [-0.15, -0.1) is 0 Å². The molecule has 98 valence electrons. The van der Waals surface area contributed by atoms with Crippen molar-refractivity contribution in [3.05, 3.63) is 34.1 Å². The molecule has 0 aliphatic heterocycles. The zero-order chi connectivity index (χ0) is 13.1. The molecule has 0 aromatic carbocycles. The van der Waals surface area contributed by atoms with E-state index >= 15 is 0 Å². The summed E-state index contributed by atoms with van der Waals surface area (Å²) >= 11 is 3.59. The molecule has 0 saturated heterocycles. The molecule has 2 heterocycles. The molecule has 0 saturated carbocycles. The number of nitrogens with zero attached hydrogens (tertiary/aromatic N) is 4. The minimum absolute atomic E-state index is 0.776. The lowest BCUT2D eigenvalue weighted by atomic mass is 10.3. The maximum atomic E-state index is 4.40. The minimum Gasteiger partial charge on any atom is -0.328 e. The second-order valence-corrected chi connectivity index (χ2v) is 5.01. The fourth-order valence-electron chi connectivity index (χ4n) is 1.90. The number of imidazole rings is 1. The molecule has 18 heavy (non-hydrogen) atoms. The van der Waals surface area contributed by atoms with Gasteiger partial charge in [-0.05, 0) is 29.4 Å². The van der Waals surface area contributed by atoms with E-state index in [2.05, 4.69) is 42.8 Å². The van der Waals surface area contributed by atoms with Gasteiger partial charge in [0.1, 0.15) is 5.82 Å². The summed E-state index contributed by atoms with van der Waals surface area (Å²) in [4.78, 5) is 4.37. The molecule has 2 aromatic heterocycles. The van der Waals surface area contributed by atoms with E-state index in [4.69, 9.17) is 0 Å². The van der Waals surface area contributed by atoms with Gasteiger partial charge < -0.3 is 9.88 Å². The summed E-state index contributed by atoms with van der Waals surface area (Å²) in [6, 6.07) is 0. The lowest BCUT2D eigenvalue weighted by Crippen LogP contribution is -2.17. The van der Waals surface area contributed by atoms with Crippen LogP contribution in [0.25, 0.3) is 0 Å². The van der Waals surface area contributed by atoms with Crippen LogP contribution in [0, 0.1) is 6.92 Å². The fourth-order valence-corrected chi connectivity index (χ4v) is 2.36. The highest BCUT2D eigenvalue weighted by atomic mass is 79.9. The van der Waals surface area contributed by atoms with Crippen LogP contribution < -0.4 is 5.32 Å². The minimum atomic E-state index is 0.776. The maximum Gasteiger partial charge on any atom is 0.123 e. The van der Waals surface area contributed by atoms with E-state index in [1.807, 2.05) is 31.0 Å². The summed E-state index contributed by atoms with van der Waals surface area (Å²) in [6.45, 7) is 6.60. The van der Waals surface area contributed by atoms with Crippen LogP contribution >= 0.6 is 15.9 Å². The van der Waals surface area contributed by atoms with Gasteiger partial charge in [0.05, 0.1) is 29.0 Å². The number of aryl methyl sites for hydroxylation is 2. The van der Waals surface area contributed by atoms with Crippen molar-refractivity contribution >= 4 is 15.9 Å². The van der Waals surface area contributed by atoms with Crippen molar-refractivity contribution in [2.45, 2.75) is 26.9 Å². The van der Waals surface area contributed by atoms with E-state index in [1.165, 1.54) is 0 Å². The molecule has 5 nitrogen and oxygen atoms in total. The molecule has 0 atom stereocenters. The van der Waals surface area contributed by atoms with Crippen LogP contribution in [0.5, 0.6) is 0 Å². The fraction of sp³-hybridized carbons (Fsp3) is 0.500. The lowest BCUT2D eigenvalue weighted by Gasteiger charge is -2.09. The van der Waals surface area contributed by atoms with E-state index < -0.39 is 0 Å². The first-order valence-corrected chi connectivity index (χ1v) is 6.81. The Kier molecular flexibility index (Phi) is 4.19. The first kappa shape index (κ1) is 13.3. The molecular formula is C12H18BrN5. The third-order valence-electron chi connectivity index (χ3n) is 2.92. The molecule has 0 aliphatic rings. The molecular weight excluding hydrogens is 294 g/mol. The number of hydrogen-bond donors (Lipinski definition) is 1. The molecule has 0 aliphatic carbocycles. The molecule has 0 fully saturated rings. The average Bonchev–Trinajstić information content (AvgIpc) is 2.87. The molecule has 0 amide bonds. The zero-order valence-corrected chi connectivity index (χ0v) is 12.5. The van der Waals surface area contributed by atoms with E-state index in [1.54, 1.807) is 0 Å². The Hall–Kier alpha value is -1.14. The highest BCUT2D eigenvalue weighted by Gasteiger charge is 2.12. The quantitative estimate of drug-likeness (QED) is 0.916. The average molecular weight is 312 g/mol. The van der Waals surface area contributed by atoms with Crippen molar-refractivity contribution in [1.29, 1.82) is 0 Å². The van der Waals surface area contributed by atoms with Gasteiger partial charge in [0, 0.05) is 19.4 Å². The summed E-state index contributed by atoms with van der Waals surface area (Å²) in [5.74, 6) is 1.04. The molecule has 0 spiro atoms. The zero-order valence-electron chi connectivity index (χ0n) is 10.9. The Labute approximate surface area is 115 Å². The third kappa shape index (κ3) is 2.64. The van der Waals surface area contributed by atoms with Crippen molar-refractivity contribution < 1.29 is 0 Å². The number of halogens is 1. The van der Waals surface area contributed by atoms with Gasteiger partial charge in [0.15, 0.2) is 0 Å². The van der Waals surface area contributed by atoms with E-state index in [0.29, 0.717) is 0 Å². The molecule has 1 N–H and O–H groups in total. The van der Waals surface area contributed by atoms with Crippen LogP contribution in [0.15, 0.2) is 16.9 Å². The number of hydrogen-bond acceptors (Lipinski definition) is 3. The van der Waals surface area contributed by atoms with Gasteiger partial charge in [-0.3, -0.25) is 4.68 Å². The predicted molar refractivity (Wildman–Crippen MR) is 74.4 cm³/mol. The van der Waals surface area contributed by atoms with Crippen LogP contribution in [0.1, 0.15) is 24.1 Å². The summed E-state index contributed by atoms with van der Waals surface area (Å²) in [7, 11) is 1.97. The number of nitrogens with one attached hydrogen (secondary N) is 1. The summed E-state index contributed by atoms with van der Waals surface area (Å²) in [5.41, 5.74) is 2.17. The van der Waals surface area contributed by atoms with Gasteiger partial charge in [0.25, 0.3) is 0 Å². The number of aromatic nitrogens is 4. The van der Waals surface area contributed by atoms with Gasteiger partial charge in [-0.2, -0.15) is 5.10 Å². The van der Waals surface area contributed by atoms with Crippen molar-refractivity contribution in [1.82, 2.24) is 24.6 Å². The Bertz CT molecular complexity index is 529.